The van der Waals surface area contributed by atoms with E-state index in [-0.39, 0.29) is 0 Å². The quantitative estimate of drug-likeness (QED) is 0.260. The molecule has 0 aromatic heterocycles. The van der Waals surface area contributed by atoms with Crippen molar-refractivity contribution in [2.24, 2.45) is 0 Å². The van der Waals surface area contributed by atoms with Gasteiger partial charge in [0.2, 0.25) is 0 Å². The molecule has 16 heteroatoms. The molecule has 32 heavy (non-hydrogen) atoms. The normalized spacial score (nSPS) is 14.0. The van der Waals surface area contributed by atoms with E-state index in [2.05, 4.69) is 0 Å². The topological polar surface area (TPSA) is 229 Å². The fraction of sp³-hybridized carbons (Fsp3) is 0. The van der Waals surface area contributed by atoms with Crippen LogP contribution >= 0.6 is 0 Å². The van der Waals surface area contributed by atoms with E-state index >= 15 is 0 Å². The Labute approximate surface area is 180 Å². The van der Waals surface area contributed by atoms with Gasteiger partial charge in [0.15, 0.2) is 0 Å². The standard InChI is InChI=1S/C16H10O12S4/c17-29(18,19)11-5-13(31(23,24)25)9-3-4-10-14(32(26,27)28)6-12(30(20,21)22)8-2-1-7(11)15(9)16(8)10/h1-6H,(H,17,18,19)(H,20,21,22)(H,23,24,25)(H,26,27,28)/p-4. The fourth-order valence-electron chi connectivity index (χ4n) is 3.69. The molecule has 0 aliphatic carbocycles. The third-order valence-electron chi connectivity index (χ3n) is 4.82. The minimum absolute atomic E-state index is 0.336. The van der Waals surface area contributed by atoms with Crippen LogP contribution in [0.2, 0.25) is 0 Å². The molecule has 0 atom stereocenters. The smallest absolute Gasteiger partial charge is 0.125 e. The molecule has 0 saturated carbocycles. The molecule has 0 unspecified atom stereocenters. The largest absolute Gasteiger partial charge is 0.744 e. The highest BCUT2D eigenvalue weighted by molar-refractivity contribution is 7.87. The summed E-state index contributed by atoms with van der Waals surface area (Å²) in [6, 6.07) is 4.27. The van der Waals surface area contributed by atoms with Crippen molar-refractivity contribution in [3.05, 3.63) is 36.4 Å². The first-order chi connectivity index (χ1) is 14.4. The number of hydrogen-bond acceptors (Lipinski definition) is 12. The number of hydrogen-bond donors (Lipinski definition) is 0. The van der Waals surface area contributed by atoms with E-state index in [1.165, 1.54) is 0 Å². The van der Waals surface area contributed by atoms with Crippen molar-refractivity contribution in [1.29, 1.82) is 0 Å². The van der Waals surface area contributed by atoms with Crippen LogP contribution in [0.15, 0.2) is 56.0 Å². The zero-order valence-corrected chi connectivity index (χ0v) is 18.3. The molecular weight excluding hydrogens is 512 g/mol. The first kappa shape index (κ1) is 22.7. The van der Waals surface area contributed by atoms with Gasteiger partial charge in [-0.15, -0.1) is 0 Å². The van der Waals surface area contributed by atoms with E-state index < -0.39 is 92.4 Å². The Kier molecular flexibility index (Phi) is 4.65. The van der Waals surface area contributed by atoms with Gasteiger partial charge in [-0.3, -0.25) is 0 Å². The Balaban J connectivity index is 2.51. The molecule has 0 N–H and O–H groups in total. The predicted octanol–water partition coefficient (Wildman–Crippen LogP) is 0.200. The van der Waals surface area contributed by atoms with Gasteiger partial charge in [-0.1, -0.05) is 24.3 Å². The number of rotatable bonds is 4. The average Bonchev–Trinajstić information content (AvgIpc) is 2.61. The molecule has 0 bridgehead atoms. The Hall–Kier alpha value is -2.44. The van der Waals surface area contributed by atoms with Crippen molar-refractivity contribution in [2.75, 3.05) is 0 Å². The lowest BCUT2D eigenvalue weighted by Crippen LogP contribution is -2.09. The Morgan fingerprint density at radius 3 is 0.750 bits per heavy atom. The van der Waals surface area contributed by atoms with Crippen LogP contribution in [-0.4, -0.2) is 51.9 Å². The summed E-state index contributed by atoms with van der Waals surface area (Å²) in [4.78, 5) is -4.63. The summed E-state index contributed by atoms with van der Waals surface area (Å²) in [5.74, 6) is 0. The highest BCUT2D eigenvalue weighted by Gasteiger charge is 2.24. The van der Waals surface area contributed by atoms with Gasteiger partial charge in [-0.2, -0.15) is 0 Å². The van der Waals surface area contributed by atoms with E-state index in [4.69, 9.17) is 0 Å². The second kappa shape index (κ2) is 6.55. The van der Waals surface area contributed by atoms with Crippen LogP contribution in [0.25, 0.3) is 32.3 Å². The maximum Gasteiger partial charge on any atom is 0.125 e. The molecule has 0 aliphatic heterocycles. The second-order valence-corrected chi connectivity index (χ2v) is 12.0. The molecule has 0 amide bonds. The molecule has 0 aliphatic rings. The lowest BCUT2D eigenvalue weighted by Gasteiger charge is -2.23. The van der Waals surface area contributed by atoms with Crippen LogP contribution in [0.5, 0.6) is 0 Å². The predicted molar refractivity (Wildman–Crippen MR) is 102 cm³/mol. The molecule has 0 spiro atoms. The number of benzene rings is 4. The lowest BCUT2D eigenvalue weighted by atomic mass is 9.94. The summed E-state index contributed by atoms with van der Waals surface area (Å²) in [6.07, 6.45) is 0. The van der Waals surface area contributed by atoms with Crippen LogP contribution in [0.4, 0.5) is 0 Å². The van der Waals surface area contributed by atoms with Crippen molar-refractivity contribution in [3.8, 4) is 0 Å². The van der Waals surface area contributed by atoms with Gasteiger partial charge >= 0.3 is 0 Å². The molecular formula is C16H6O12S4-4. The molecule has 0 fully saturated rings. The SMILES string of the molecule is O=S(=O)([O-])c1cc(S(=O)(=O)[O-])c2ccc3c(S(=O)(=O)[O-])cc(S(=O)(=O)[O-])c4ccc1c2c43. The first-order valence-electron chi connectivity index (χ1n) is 8.04. The third kappa shape index (κ3) is 3.41. The van der Waals surface area contributed by atoms with Crippen molar-refractivity contribution in [3.63, 3.8) is 0 Å². The zero-order valence-electron chi connectivity index (χ0n) is 15.0. The van der Waals surface area contributed by atoms with Crippen molar-refractivity contribution >= 4 is 72.8 Å². The Morgan fingerprint density at radius 2 is 0.594 bits per heavy atom. The minimum atomic E-state index is -5.40. The van der Waals surface area contributed by atoms with E-state index in [9.17, 15) is 51.9 Å². The van der Waals surface area contributed by atoms with Crippen molar-refractivity contribution < 1.29 is 51.9 Å². The molecule has 170 valence electrons. The van der Waals surface area contributed by atoms with Crippen LogP contribution < -0.4 is 0 Å². The molecule has 4 rings (SSSR count). The van der Waals surface area contributed by atoms with E-state index in [1.807, 2.05) is 0 Å². The monoisotopic (exact) mass is 518 g/mol. The highest BCUT2D eigenvalue weighted by atomic mass is 32.2. The van der Waals surface area contributed by atoms with Crippen molar-refractivity contribution in [1.82, 2.24) is 0 Å². The van der Waals surface area contributed by atoms with Gasteiger partial charge in [0.25, 0.3) is 0 Å². The highest BCUT2D eigenvalue weighted by Crippen LogP contribution is 2.43. The fourth-order valence-corrected chi connectivity index (χ4v) is 6.65. The molecule has 0 saturated heterocycles. The molecule has 4 aromatic rings. The van der Waals surface area contributed by atoms with E-state index in [0.29, 0.717) is 12.1 Å². The summed E-state index contributed by atoms with van der Waals surface area (Å²) in [7, 11) is -21.6. The van der Waals surface area contributed by atoms with Gasteiger partial charge in [0.1, 0.15) is 40.5 Å². The zero-order chi connectivity index (χ0) is 24.0. The first-order valence-corrected chi connectivity index (χ1v) is 13.7. The molecule has 12 nitrogen and oxygen atoms in total. The van der Waals surface area contributed by atoms with Crippen LogP contribution in [0.3, 0.4) is 0 Å². The van der Waals surface area contributed by atoms with E-state index in [1.54, 1.807) is 0 Å². The van der Waals surface area contributed by atoms with Gasteiger partial charge < -0.3 is 18.2 Å². The summed E-state index contributed by atoms with van der Waals surface area (Å²) in [5, 5.41) is -2.90. The lowest BCUT2D eigenvalue weighted by molar-refractivity contribution is 0.458. The van der Waals surface area contributed by atoms with Gasteiger partial charge in [-0.25, -0.2) is 33.7 Å². The third-order valence-corrected chi connectivity index (χ3v) is 8.33. The van der Waals surface area contributed by atoms with Gasteiger partial charge in [-0.05, 0) is 22.9 Å². The average molecular weight is 518 g/mol. The van der Waals surface area contributed by atoms with Crippen molar-refractivity contribution in [2.45, 2.75) is 19.6 Å². The van der Waals surface area contributed by atoms with E-state index in [0.717, 1.165) is 24.3 Å². The Bertz CT molecular complexity index is 1630. The summed E-state index contributed by atoms with van der Waals surface area (Å²) < 4.78 is 141. The van der Waals surface area contributed by atoms with Crippen LogP contribution in [-0.2, 0) is 40.5 Å². The Morgan fingerprint density at radius 1 is 0.406 bits per heavy atom. The summed E-state index contributed by atoms with van der Waals surface area (Å²) in [5.41, 5.74) is 0. The maximum absolute atomic E-state index is 11.8. The molecule has 0 heterocycles. The minimum Gasteiger partial charge on any atom is -0.744 e. The van der Waals surface area contributed by atoms with Crippen LogP contribution in [0.1, 0.15) is 0 Å². The molecule has 4 aromatic carbocycles. The molecule has 0 radical (unpaired) electrons. The maximum atomic E-state index is 11.8. The van der Waals surface area contributed by atoms with Gasteiger partial charge in [0, 0.05) is 21.5 Å². The van der Waals surface area contributed by atoms with Gasteiger partial charge in [0.05, 0.1) is 19.6 Å². The summed E-state index contributed by atoms with van der Waals surface area (Å²) >= 11 is 0. The van der Waals surface area contributed by atoms with Crippen LogP contribution in [0, 0.1) is 0 Å². The second-order valence-electron chi connectivity index (χ2n) is 6.63. The summed E-state index contributed by atoms with van der Waals surface area (Å²) in [6.45, 7) is 0.